The number of methoxy groups -OCH3 is 1. The molecule has 1 atom stereocenters. The highest BCUT2D eigenvalue weighted by Crippen LogP contribution is 2.23. The fraction of sp³-hybridized carbons (Fsp3) is 0.190. The molecular formula is C21H20N2O5. The van der Waals surface area contributed by atoms with Gasteiger partial charge in [-0.2, -0.15) is 0 Å². The summed E-state index contributed by atoms with van der Waals surface area (Å²) in [6.45, 7) is 0.104. The number of hydrogen-bond donors (Lipinski definition) is 1. The van der Waals surface area contributed by atoms with Gasteiger partial charge in [-0.1, -0.05) is 30.3 Å². The molecule has 144 valence electrons. The summed E-state index contributed by atoms with van der Waals surface area (Å²) in [7, 11) is 1.58. The second-order valence-corrected chi connectivity index (χ2v) is 6.14. The van der Waals surface area contributed by atoms with Gasteiger partial charge in [0.25, 0.3) is 0 Å². The first-order chi connectivity index (χ1) is 13.6. The monoisotopic (exact) mass is 380 g/mol. The summed E-state index contributed by atoms with van der Waals surface area (Å²) in [5.74, 6) is -1.00. The van der Waals surface area contributed by atoms with E-state index in [0.717, 1.165) is 11.1 Å². The number of carboxylic acids is 1. The van der Waals surface area contributed by atoms with Crippen LogP contribution in [-0.4, -0.2) is 33.7 Å². The predicted octanol–water partition coefficient (Wildman–Crippen LogP) is 3.32. The standard InChI is InChI=1S/C21H20N2O5/c1-27-17-9-7-16(8-10-17)18-12-23(14-22-18)19(21(25)26)11-20(24)28-13-15-5-3-2-4-6-15/h2-10,12,14,19H,11,13H2,1H3,(H,25,26). The Balaban J connectivity index is 1.67. The van der Waals surface area contributed by atoms with Crippen molar-refractivity contribution in [2.45, 2.75) is 19.1 Å². The van der Waals surface area contributed by atoms with Crippen LogP contribution in [-0.2, 0) is 20.9 Å². The van der Waals surface area contributed by atoms with E-state index in [2.05, 4.69) is 4.98 Å². The molecule has 2 aromatic carbocycles. The van der Waals surface area contributed by atoms with Crippen molar-refractivity contribution >= 4 is 11.9 Å². The fourth-order valence-corrected chi connectivity index (χ4v) is 2.69. The summed E-state index contributed by atoms with van der Waals surface area (Å²) in [5, 5.41) is 9.54. The number of esters is 1. The van der Waals surface area contributed by atoms with Crippen LogP contribution in [0, 0.1) is 0 Å². The molecule has 0 aliphatic heterocycles. The van der Waals surface area contributed by atoms with Crippen molar-refractivity contribution in [1.29, 1.82) is 0 Å². The molecular weight excluding hydrogens is 360 g/mol. The highest BCUT2D eigenvalue weighted by Gasteiger charge is 2.24. The van der Waals surface area contributed by atoms with Gasteiger partial charge in [-0.3, -0.25) is 4.79 Å². The Hall–Kier alpha value is -3.61. The van der Waals surface area contributed by atoms with Crippen LogP contribution in [0.2, 0.25) is 0 Å². The Morgan fingerprint density at radius 1 is 1.11 bits per heavy atom. The van der Waals surface area contributed by atoms with Crippen LogP contribution in [0.15, 0.2) is 67.1 Å². The number of carbonyl (C=O) groups excluding carboxylic acids is 1. The van der Waals surface area contributed by atoms with Crippen molar-refractivity contribution < 1.29 is 24.2 Å². The van der Waals surface area contributed by atoms with E-state index in [1.54, 1.807) is 25.4 Å². The molecule has 1 heterocycles. The Kier molecular flexibility index (Phi) is 6.06. The van der Waals surface area contributed by atoms with Crippen LogP contribution in [0.5, 0.6) is 5.75 Å². The van der Waals surface area contributed by atoms with Gasteiger partial charge in [0.15, 0.2) is 0 Å². The maximum Gasteiger partial charge on any atom is 0.327 e. The molecule has 0 saturated heterocycles. The number of benzene rings is 2. The van der Waals surface area contributed by atoms with Crippen LogP contribution >= 0.6 is 0 Å². The zero-order valence-electron chi connectivity index (χ0n) is 15.3. The maximum atomic E-state index is 12.1. The number of aromatic nitrogens is 2. The minimum absolute atomic E-state index is 0.104. The minimum atomic E-state index is -1.13. The van der Waals surface area contributed by atoms with Crippen molar-refractivity contribution in [2.75, 3.05) is 7.11 Å². The third-order valence-electron chi connectivity index (χ3n) is 4.23. The van der Waals surface area contributed by atoms with E-state index < -0.39 is 18.0 Å². The van der Waals surface area contributed by atoms with Gasteiger partial charge in [0.1, 0.15) is 18.4 Å². The largest absolute Gasteiger partial charge is 0.497 e. The van der Waals surface area contributed by atoms with Gasteiger partial charge in [-0.05, 0) is 29.8 Å². The fourth-order valence-electron chi connectivity index (χ4n) is 2.69. The number of carbonyl (C=O) groups is 2. The van der Waals surface area contributed by atoms with E-state index in [9.17, 15) is 14.7 Å². The molecule has 1 aromatic heterocycles. The Morgan fingerprint density at radius 3 is 2.46 bits per heavy atom. The van der Waals surface area contributed by atoms with Crippen LogP contribution in [0.1, 0.15) is 18.0 Å². The summed E-state index contributed by atoms with van der Waals surface area (Å²) in [4.78, 5) is 28.0. The zero-order chi connectivity index (χ0) is 19.9. The third kappa shape index (κ3) is 4.76. The lowest BCUT2D eigenvalue weighted by Gasteiger charge is -2.13. The lowest BCUT2D eigenvalue weighted by Crippen LogP contribution is -2.22. The second-order valence-electron chi connectivity index (χ2n) is 6.14. The first-order valence-corrected chi connectivity index (χ1v) is 8.67. The number of rotatable bonds is 8. The zero-order valence-corrected chi connectivity index (χ0v) is 15.3. The molecule has 28 heavy (non-hydrogen) atoms. The number of ether oxygens (including phenoxy) is 2. The third-order valence-corrected chi connectivity index (χ3v) is 4.23. The van der Waals surface area contributed by atoms with E-state index in [-0.39, 0.29) is 13.0 Å². The number of aliphatic carboxylic acids is 1. The molecule has 0 aliphatic rings. The Morgan fingerprint density at radius 2 is 1.82 bits per heavy atom. The van der Waals surface area contributed by atoms with E-state index in [0.29, 0.717) is 11.4 Å². The number of nitrogens with zero attached hydrogens (tertiary/aromatic N) is 2. The average molecular weight is 380 g/mol. The molecule has 0 aliphatic carbocycles. The topological polar surface area (TPSA) is 90.7 Å². The van der Waals surface area contributed by atoms with E-state index in [1.165, 1.54) is 10.9 Å². The molecule has 0 fully saturated rings. The van der Waals surface area contributed by atoms with Crippen LogP contribution in [0.4, 0.5) is 0 Å². The summed E-state index contributed by atoms with van der Waals surface area (Å²) in [6, 6.07) is 15.4. The molecule has 3 rings (SSSR count). The summed E-state index contributed by atoms with van der Waals surface area (Å²) < 4.78 is 11.7. The molecule has 1 N–H and O–H groups in total. The van der Waals surface area contributed by atoms with Crippen molar-refractivity contribution in [1.82, 2.24) is 9.55 Å². The molecule has 0 bridgehead atoms. The van der Waals surface area contributed by atoms with Gasteiger partial charge in [0.2, 0.25) is 0 Å². The molecule has 0 radical (unpaired) electrons. The lowest BCUT2D eigenvalue weighted by molar-refractivity contribution is -0.151. The average Bonchev–Trinajstić information content (AvgIpc) is 3.21. The molecule has 0 amide bonds. The number of imidazole rings is 1. The number of hydrogen-bond acceptors (Lipinski definition) is 5. The minimum Gasteiger partial charge on any atom is -0.497 e. The molecule has 7 nitrogen and oxygen atoms in total. The van der Waals surface area contributed by atoms with E-state index in [1.807, 2.05) is 42.5 Å². The van der Waals surface area contributed by atoms with Gasteiger partial charge in [-0.15, -0.1) is 0 Å². The molecule has 1 unspecified atom stereocenters. The Bertz CT molecular complexity index is 935. The molecule has 0 saturated carbocycles. The Labute approximate surface area is 162 Å². The highest BCUT2D eigenvalue weighted by atomic mass is 16.5. The summed E-state index contributed by atoms with van der Waals surface area (Å²) in [5.41, 5.74) is 2.26. The summed E-state index contributed by atoms with van der Waals surface area (Å²) in [6.07, 6.45) is 2.72. The second kappa shape index (κ2) is 8.85. The first-order valence-electron chi connectivity index (χ1n) is 8.67. The molecule has 3 aromatic rings. The number of carboxylic acid groups (broad SMARTS) is 1. The van der Waals surface area contributed by atoms with Gasteiger partial charge in [-0.25, -0.2) is 9.78 Å². The molecule has 0 spiro atoms. The van der Waals surface area contributed by atoms with Crippen LogP contribution in [0.3, 0.4) is 0 Å². The van der Waals surface area contributed by atoms with Gasteiger partial charge < -0.3 is 19.1 Å². The van der Waals surface area contributed by atoms with E-state index >= 15 is 0 Å². The van der Waals surface area contributed by atoms with Crippen LogP contribution in [0.25, 0.3) is 11.3 Å². The van der Waals surface area contributed by atoms with Crippen molar-refractivity contribution in [3.63, 3.8) is 0 Å². The van der Waals surface area contributed by atoms with Crippen molar-refractivity contribution in [3.8, 4) is 17.0 Å². The highest BCUT2D eigenvalue weighted by molar-refractivity contribution is 5.80. The van der Waals surface area contributed by atoms with Crippen molar-refractivity contribution in [3.05, 3.63) is 72.7 Å². The van der Waals surface area contributed by atoms with Crippen molar-refractivity contribution in [2.24, 2.45) is 0 Å². The van der Waals surface area contributed by atoms with Gasteiger partial charge in [0, 0.05) is 11.8 Å². The summed E-state index contributed by atoms with van der Waals surface area (Å²) >= 11 is 0. The molecule has 7 heteroatoms. The quantitative estimate of drug-likeness (QED) is 0.603. The lowest BCUT2D eigenvalue weighted by atomic mass is 10.1. The maximum absolute atomic E-state index is 12.1. The first kappa shape index (κ1) is 19.2. The normalized spacial score (nSPS) is 11.6. The van der Waals surface area contributed by atoms with Gasteiger partial charge in [0.05, 0.1) is 25.6 Å². The van der Waals surface area contributed by atoms with E-state index in [4.69, 9.17) is 9.47 Å². The smallest absolute Gasteiger partial charge is 0.327 e. The van der Waals surface area contributed by atoms with Gasteiger partial charge >= 0.3 is 11.9 Å². The van der Waals surface area contributed by atoms with Crippen LogP contribution < -0.4 is 4.74 Å². The predicted molar refractivity (Wildman–Crippen MR) is 102 cm³/mol. The SMILES string of the molecule is COc1ccc(-c2cn(C(CC(=O)OCc3ccccc3)C(=O)O)cn2)cc1.